The van der Waals surface area contributed by atoms with Gasteiger partial charge in [-0.15, -0.1) is 0 Å². The molecule has 5 nitrogen and oxygen atoms in total. The summed E-state index contributed by atoms with van der Waals surface area (Å²) >= 11 is 0. The summed E-state index contributed by atoms with van der Waals surface area (Å²) in [6, 6.07) is 7.52. The summed E-state index contributed by atoms with van der Waals surface area (Å²) < 4.78 is 37.4. The van der Waals surface area contributed by atoms with Crippen LogP contribution in [0.4, 0.5) is 8.78 Å². The molecule has 7 heteroatoms. The van der Waals surface area contributed by atoms with Gasteiger partial charge >= 0.3 is 0 Å². The van der Waals surface area contributed by atoms with Crippen molar-refractivity contribution in [1.82, 2.24) is 5.32 Å². The van der Waals surface area contributed by atoms with Gasteiger partial charge in [-0.05, 0) is 48.9 Å². The van der Waals surface area contributed by atoms with E-state index >= 15 is 0 Å². The highest BCUT2D eigenvalue weighted by molar-refractivity contribution is 6.07. The summed E-state index contributed by atoms with van der Waals surface area (Å²) in [5.41, 5.74) is 0.238. The fraction of sp³-hybridized carbons (Fsp3) is 0.200. The summed E-state index contributed by atoms with van der Waals surface area (Å²) in [5.74, 6) is -1.68. The van der Waals surface area contributed by atoms with Crippen LogP contribution in [-0.4, -0.2) is 32.0 Å². The normalized spacial score (nSPS) is 10.7. The molecule has 2 rings (SSSR count). The third kappa shape index (κ3) is 5.64. The molecule has 0 heterocycles. The number of rotatable bonds is 8. The molecule has 142 valence electrons. The first kappa shape index (κ1) is 20.1. The number of carbonyl (C=O) groups excluding carboxylic acids is 2. The second-order valence-corrected chi connectivity index (χ2v) is 5.47. The smallest absolute Gasteiger partial charge is 0.257 e. The van der Waals surface area contributed by atoms with E-state index in [1.807, 2.05) is 0 Å². The number of allylic oxidation sites excluding steroid dienone is 1. The van der Waals surface area contributed by atoms with Crippen LogP contribution in [0.5, 0.6) is 11.5 Å². The number of methoxy groups -OCH3 is 1. The van der Waals surface area contributed by atoms with Crippen LogP contribution in [0, 0.1) is 11.6 Å². The first-order chi connectivity index (χ1) is 12.9. The van der Waals surface area contributed by atoms with E-state index in [0.29, 0.717) is 23.6 Å². The molecule has 0 aliphatic carbocycles. The lowest BCUT2D eigenvalue weighted by atomic mass is 10.1. The molecule has 0 spiro atoms. The Bertz CT molecular complexity index is 865. The zero-order valence-corrected chi connectivity index (χ0v) is 14.9. The number of ketones is 1. The van der Waals surface area contributed by atoms with Crippen molar-refractivity contribution in [1.29, 1.82) is 0 Å². The molecule has 0 atom stereocenters. The van der Waals surface area contributed by atoms with Gasteiger partial charge in [-0.3, -0.25) is 9.59 Å². The van der Waals surface area contributed by atoms with Crippen molar-refractivity contribution in [2.45, 2.75) is 6.92 Å². The topological polar surface area (TPSA) is 64.6 Å². The van der Waals surface area contributed by atoms with Gasteiger partial charge in [0.2, 0.25) is 0 Å². The molecule has 0 aliphatic heterocycles. The molecule has 1 amide bonds. The number of amides is 1. The van der Waals surface area contributed by atoms with Gasteiger partial charge < -0.3 is 14.8 Å². The molecule has 0 saturated heterocycles. The van der Waals surface area contributed by atoms with E-state index < -0.39 is 17.4 Å². The highest BCUT2D eigenvalue weighted by Gasteiger charge is 2.11. The molecular weight excluding hydrogens is 356 g/mol. The Balaban J connectivity index is 2.12. The summed E-state index contributed by atoms with van der Waals surface area (Å²) in [5, 5.41) is 2.61. The number of likely N-dealkylation sites (N-methyl/N-ethyl adjacent to an activating group) is 1. The average Bonchev–Trinajstić information content (AvgIpc) is 2.66. The molecule has 2 aromatic rings. The van der Waals surface area contributed by atoms with Crippen molar-refractivity contribution in [3.63, 3.8) is 0 Å². The molecule has 2 aromatic carbocycles. The number of ether oxygens (including phenoxy) is 2. The minimum absolute atomic E-state index is 0.156. The fourth-order valence-corrected chi connectivity index (χ4v) is 2.25. The average molecular weight is 375 g/mol. The quantitative estimate of drug-likeness (QED) is 0.567. The molecule has 0 radical (unpaired) electrons. The van der Waals surface area contributed by atoms with E-state index in [9.17, 15) is 18.4 Å². The third-order valence-electron chi connectivity index (χ3n) is 3.54. The molecular formula is C20H19F2NO4. The molecule has 0 aromatic heterocycles. The Morgan fingerprint density at radius 2 is 1.89 bits per heavy atom. The second kappa shape index (κ2) is 9.47. The molecule has 0 bridgehead atoms. The lowest BCUT2D eigenvalue weighted by Gasteiger charge is -2.11. The van der Waals surface area contributed by atoms with E-state index in [1.165, 1.54) is 13.2 Å². The summed E-state index contributed by atoms with van der Waals surface area (Å²) in [7, 11) is 1.44. The first-order valence-corrected chi connectivity index (χ1v) is 8.19. The maximum atomic E-state index is 13.6. The minimum atomic E-state index is -0.794. The Labute approximate surface area is 155 Å². The van der Waals surface area contributed by atoms with Gasteiger partial charge in [-0.25, -0.2) is 8.78 Å². The van der Waals surface area contributed by atoms with E-state index in [1.54, 1.807) is 25.1 Å². The van der Waals surface area contributed by atoms with Crippen molar-refractivity contribution in [2.24, 2.45) is 0 Å². The summed E-state index contributed by atoms with van der Waals surface area (Å²) in [6.07, 6.45) is 2.59. The number of halogens is 2. The molecule has 0 fully saturated rings. The van der Waals surface area contributed by atoms with Gasteiger partial charge in [-0.2, -0.15) is 0 Å². The van der Waals surface area contributed by atoms with Gasteiger partial charge in [0.1, 0.15) is 11.6 Å². The Morgan fingerprint density at radius 1 is 1.11 bits per heavy atom. The van der Waals surface area contributed by atoms with Crippen molar-refractivity contribution < 1.29 is 27.8 Å². The van der Waals surface area contributed by atoms with Gasteiger partial charge in [0.05, 0.1) is 12.7 Å². The van der Waals surface area contributed by atoms with Crippen molar-refractivity contribution in [3.05, 3.63) is 65.2 Å². The van der Waals surface area contributed by atoms with Crippen LogP contribution in [0.1, 0.15) is 22.8 Å². The maximum absolute atomic E-state index is 13.6. The van der Waals surface area contributed by atoms with Crippen LogP contribution in [0.15, 0.2) is 42.5 Å². The van der Waals surface area contributed by atoms with Crippen LogP contribution in [0.25, 0.3) is 6.08 Å². The highest BCUT2D eigenvalue weighted by atomic mass is 19.1. The standard InChI is InChI=1S/C20H19F2NO4/c1-3-23-20(25)12-27-18-9-5-13(10-19(18)26-2)4-8-17(24)15-11-14(21)6-7-16(15)22/h4-11H,3,12H2,1-2H3,(H,23,25)/b8-4+. The van der Waals surface area contributed by atoms with E-state index in [0.717, 1.165) is 24.3 Å². The number of hydrogen-bond donors (Lipinski definition) is 1. The SMILES string of the molecule is CCNC(=O)COc1ccc(/C=C/C(=O)c2cc(F)ccc2F)cc1OC. The van der Waals surface area contributed by atoms with Gasteiger partial charge in [0.25, 0.3) is 5.91 Å². The molecule has 27 heavy (non-hydrogen) atoms. The molecule has 0 saturated carbocycles. The molecule has 0 aliphatic rings. The Hall–Kier alpha value is -3.22. The van der Waals surface area contributed by atoms with Crippen LogP contribution >= 0.6 is 0 Å². The predicted molar refractivity (Wildman–Crippen MR) is 96.9 cm³/mol. The van der Waals surface area contributed by atoms with E-state index in [4.69, 9.17) is 9.47 Å². The summed E-state index contributed by atoms with van der Waals surface area (Å²) in [4.78, 5) is 23.5. The Morgan fingerprint density at radius 3 is 2.59 bits per heavy atom. The van der Waals surface area contributed by atoms with Gasteiger partial charge in [0, 0.05) is 6.54 Å². The first-order valence-electron chi connectivity index (χ1n) is 8.19. The highest BCUT2D eigenvalue weighted by Crippen LogP contribution is 2.28. The summed E-state index contributed by atoms with van der Waals surface area (Å²) in [6.45, 7) is 2.15. The lowest BCUT2D eigenvalue weighted by Crippen LogP contribution is -2.28. The molecule has 1 N–H and O–H groups in total. The van der Waals surface area contributed by atoms with Crippen molar-refractivity contribution in [3.8, 4) is 11.5 Å². The fourth-order valence-electron chi connectivity index (χ4n) is 2.25. The van der Waals surface area contributed by atoms with Crippen LogP contribution in [0.2, 0.25) is 0 Å². The number of hydrogen-bond acceptors (Lipinski definition) is 4. The van der Waals surface area contributed by atoms with Gasteiger partial charge in [-0.1, -0.05) is 12.1 Å². The number of carbonyl (C=O) groups is 2. The van der Waals surface area contributed by atoms with Crippen LogP contribution in [0.3, 0.4) is 0 Å². The van der Waals surface area contributed by atoms with Crippen LogP contribution < -0.4 is 14.8 Å². The second-order valence-electron chi connectivity index (χ2n) is 5.47. The predicted octanol–water partition coefficient (Wildman–Crippen LogP) is 3.38. The third-order valence-corrected chi connectivity index (χ3v) is 3.54. The van der Waals surface area contributed by atoms with Crippen molar-refractivity contribution in [2.75, 3.05) is 20.3 Å². The number of nitrogens with one attached hydrogen (secondary N) is 1. The van der Waals surface area contributed by atoms with E-state index in [2.05, 4.69) is 5.32 Å². The zero-order chi connectivity index (χ0) is 19.8. The monoisotopic (exact) mass is 375 g/mol. The lowest BCUT2D eigenvalue weighted by molar-refractivity contribution is -0.123. The molecule has 0 unspecified atom stereocenters. The van der Waals surface area contributed by atoms with Crippen molar-refractivity contribution >= 4 is 17.8 Å². The zero-order valence-electron chi connectivity index (χ0n) is 14.9. The van der Waals surface area contributed by atoms with Gasteiger partial charge in [0.15, 0.2) is 23.9 Å². The maximum Gasteiger partial charge on any atom is 0.257 e. The van der Waals surface area contributed by atoms with Crippen LogP contribution in [-0.2, 0) is 4.79 Å². The minimum Gasteiger partial charge on any atom is -0.493 e. The van der Waals surface area contributed by atoms with E-state index in [-0.39, 0.29) is 18.1 Å². The largest absolute Gasteiger partial charge is 0.493 e. The number of benzene rings is 2. The Kier molecular flexibility index (Phi) is 7.05.